The highest BCUT2D eigenvalue weighted by Gasteiger charge is 2.40. The smallest absolute Gasteiger partial charge is 0.200 e. The number of pyridine rings is 1. The molecule has 128 valence electrons. The lowest BCUT2D eigenvalue weighted by molar-refractivity contribution is -0.659. The Morgan fingerprint density at radius 3 is 2.44 bits per heavy atom. The lowest BCUT2D eigenvalue weighted by Gasteiger charge is -2.23. The van der Waals surface area contributed by atoms with Crippen LogP contribution in [0.15, 0.2) is 48.7 Å². The first kappa shape index (κ1) is 16.5. The maximum atomic E-state index is 2.54. The molecule has 0 N–H and O–H groups in total. The Hall–Kier alpha value is -1.93. The average molecular weight is 347 g/mol. The largest absolute Gasteiger partial charge is 0.220 e. The van der Waals surface area contributed by atoms with Crippen LogP contribution in [0.2, 0.25) is 18.6 Å². The van der Waals surface area contributed by atoms with Crippen molar-refractivity contribution in [3.63, 3.8) is 0 Å². The van der Waals surface area contributed by atoms with Gasteiger partial charge in [0.1, 0.15) is 7.05 Å². The van der Waals surface area contributed by atoms with Crippen molar-refractivity contribution in [2.75, 3.05) is 0 Å². The fourth-order valence-electron chi connectivity index (χ4n) is 4.14. The molecule has 1 heterocycles. The number of aromatic nitrogens is 1. The molecule has 1 nitrogen and oxygen atoms in total. The molecule has 2 heteroatoms. The van der Waals surface area contributed by atoms with E-state index in [9.17, 15) is 0 Å². The lowest BCUT2D eigenvalue weighted by Crippen LogP contribution is -2.41. The summed E-state index contributed by atoms with van der Waals surface area (Å²) in [4.78, 5) is 0. The quantitative estimate of drug-likeness (QED) is 0.463. The van der Waals surface area contributed by atoms with Crippen LogP contribution in [0, 0.1) is 13.8 Å². The highest BCUT2D eigenvalue weighted by Crippen LogP contribution is 2.45. The number of hydrogen-bond acceptors (Lipinski definition) is 0. The molecule has 0 atom stereocenters. The third-order valence-electron chi connectivity index (χ3n) is 6.13. The van der Waals surface area contributed by atoms with Gasteiger partial charge in [-0.1, -0.05) is 61.0 Å². The van der Waals surface area contributed by atoms with E-state index in [1.54, 1.807) is 5.19 Å². The van der Waals surface area contributed by atoms with Gasteiger partial charge in [-0.15, -0.1) is 0 Å². The maximum absolute atomic E-state index is 2.54. The molecule has 1 fully saturated rings. The topological polar surface area (TPSA) is 3.88 Å². The molecule has 0 spiro atoms. The van der Waals surface area contributed by atoms with Gasteiger partial charge >= 0.3 is 0 Å². The summed E-state index contributed by atoms with van der Waals surface area (Å²) in [5, 5.41) is 4.36. The van der Waals surface area contributed by atoms with Gasteiger partial charge in [0.2, 0.25) is 5.69 Å². The number of hydrogen-bond donors (Lipinski definition) is 0. The number of benzene rings is 2. The zero-order valence-electron chi connectivity index (χ0n) is 16.1. The Morgan fingerprint density at radius 2 is 1.72 bits per heavy atom. The van der Waals surface area contributed by atoms with Gasteiger partial charge in [0.05, 0.1) is 13.5 Å². The summed E-state index contributed by atoms with van der Waals surface area (Å²) >= 11 is 0. The van der Waals surface area contributed by atoms with E-state index >= 15 is 0 Å². The van der Waals surface area contributed by atoms with Gasteiger partial charge < -0.3 is 0 Å². The van der Waals surface area contributed by atoms with Crippen LogP contribution in [0.3, 0.4) is 0 Å². The van der Waals surface area contributed by atoms with Crippen LogP contribution in [0.5, 0.6) is 0 Å². The molecule has 1 aliphatic rings. The van der Waals surface area contributed by atoms with E-state index in [4.69, 9.17) is 0 Å². The summed E-state index contributed by atoms with van der Waals surface area (Å²) < 4.78 is 2.27. The summed E-state index contributed by atoms with van der Waals surface area (Å²) in [5.41, 5.74) is 6.32. The number of nitrogens with zero attached hydrogens (tertiary/aromatic N) is 1. The summed E-state index contributed by atoms with van der Waals surface area (Å²) in [6, 6.07) is 16.3. The molecular formula is C23H28NSi+. The standard InChI is InChI=1S/C23H28NSi/c1-16-6-7-17(2)22(14-16)23-21-11-10-20(25(4,5)19-8-9-19)15-18(21)12-13-24(23)3/h6-7,10-15,19H,8-9H2,1-5H3/q+1. The van der Waals surface area contributed by atoms with Crippen LogP contribution >= 0.6 is 0 Å². The van der Waals surface area contributed by atoms with Crippen LogP contribution in [0.4, 0.5) is 0 Å². The van der Waals surface area contributed by atoms with E-state index in [2.05, 4.69) is 87.2 Å². The van der Waals surface area contributed by atoms with E-state index in [-0.39, 0.29) is 0 Å². The molecule has 0 bridgehead atoms. The molecule has 0 radical (unpaired) electrons. The third-order valence-corrected chi connectivity index (χ3v) is 10.5. The summed E-state index contributed by atoms with van der Waals surface area (Å²) in [6.45, 7) is 9.47. The Balaban J connectivity index is 1.93. The molecule has 1 saturated carbocycles. The minimum Gasteiger partial charge on any atom is -0.200 e. The van der Waals surface area contributed by atoms with Crippen LogP contribution in [-0.2, 0) is 7.05 Å². The molecule has 0 saturated heterocycles. The Labute approximate surface area is 152 Å². The van der Waals surface area contributed by atoms with Crippen LogP contribution in [0.25, 0.3) is 22.0 Å². The second kappa shape index (κ2) is 5.81. The minimum atomic E-state index is -1.30. The summed E-state index contributed by atoms with van der Waals surface area (Å²) in [5.74, 6) is 0. The van der Waals surface area contributed by atoms with E-state index in [0.29, 0.717) is 0 Å². The molecular weight excluding hydrogens is 318 g/mol. The first-order chi connectivity index (χ1) is 11.9. The number of fused-ring (bicyclic) bond motifs is 1. The SMILES string of the molecule is Cc1ccc(C)c(-c2c3ccc([Si](C)(C)C4CC4)cc3cc[n+]2C)c1. The van der Waals surface area contributed by atoms with Crippen molar-refractivity contribution >= 4 is 24.0 Å². The van der Waals surface area contributed by atoms with Gasteiger partial charge in [0.15, 0.2) is 6.20 Å². The second-order valence-corrected chi connectivity index (χ2v) is 13.2. The lowest BCUT2D eigenvalue weighted by atomic mass is 9.98. The monoisotopic (exact) mass is 346 g/mol. The van der Waals surface area contributed by atoms with Crippen LogP contribution in [0.1, 0.15) is 24.0 Å². The van der Waals surface area contributed by atoms with Crippen molar-refractivity contribution in [3.05, 3.63) is 59.8 Å². The van der Waals surface area contributed by atoms with Gasteiger partial charge in [-0.05, 0) is 42.5 Å². The van der Waals surface area contributed by atoms with Gasteiger partial charge in [-0.2, -0.15) is 0 Å². The van der Waals surface area contributed by atoms with Gasteiger partial charge in [-0.3, -0.25) is 0 Å². The van der Waals surface area contributed by atoms with Crippen molar-refractivity contribution in [1.82, 2.24) is 0 Å². The van der Waals surface area contributed by atoms with E-state index in [0.717, 1.165) is 5.54 Å². The minimum absolute atomic E-state index is 0.989. The fraction of sp³-hybridized carbons (Fsp3) is 0.348. The number of aryl methyl sites for hydroxylation is 3. The molecule has 3 aromatic rings. The average Bonchev–Trinajstić information content (AvgIpc) is 3.42. The van der Waals surface area contributed by atoms with Gasteiger partial charge in [0.25, 0.3) is 0 Å². The summed E-state index contributed by atoms with van der Waals surface area (Å²) in [7, 11) is 0.860. The van der Waals surface area contributed by atoms with Crippen LogP contribution in [-0.4, -0.2) is 8.07 Å². The molecule has 0 unspecified atom stereocenters. The molecule has 0 amide bonds. The Bertz CT molecular complexity index is 967. The second-order valence-electron chi connectivity index (χ2n) is 8.39. The maximum Gasteiger partial charge on any atom is 0.220 e. The molecule has 0 aliphatic heterocycles. The Morgan fingerprint density at radius 1 is 0.960 bits per heavy atom. The normalized spacial score (nSPS) is 14.9. The Kier molecular flexibility index (Phi) is 3.84. The predicted octanol–water partition coefficient (Wildman–Crippen LogP) is 5.03. The number of rotatable bonds is 3. The third kappa shape index (κ3) is 2.83. The molecule has 1 aliphatic carbocycles. The first-order valence-electron chi connectivity index (χ1n) is 9.38. The first-order valence-corrected chi connectivity index (χ1v) is 12.5. The summed E-state index contributed by atoms with van der Waals surface area (Å²) in [6.07, 6.45) is 5.10. The van der Waals surface area contributed by atoms with Gasteiger partial charge in [0, 0.05) is 11.6 Å². The van der Waals surface area contributed by atoms with Crippen molar-refractivity contribution in [2.24, 2.45) is 7.05 Å². The van der Waals surface area contributed by atoms with E-state index < -0.39 is 8.07 Å². The van der Waals surface area contributed by atoms with E-state index in [1.807, 2.05) is 0 Å². The van der Waals surface area contributed by atoms with Crippen molar-refractivity contribution in [2.45, 2.75) is 45.3 Å². The molecule has 25 heavy (non-hydrogen) atoms. The van der Waals surface area contributed by atoms with Crippen molar-refractivity contribution in [3.8, 4) is 11.3 Å². The zero-order valence-corrected chi connectivity index (χ0v) is 17.1. The molecule has 1 aromatic heterocycles. The zero-order chi connectivity index (χ0) is 17.8. The molecule has 2 aromatic carbocycles. The predicted molar refractivity (Wildman–Crippen MR) is 110 cm³/mol. The van der Waals surface area contributed by atoms with Crippen LogP contribution < -0.4 is 9.75 Å². The van der Waals surface area contributed by atoms with Crippen molar-refractivity contribution < 1.29 is 4.57 Å². The van der Waals surface area contributed by atoms with Gasteiger partial charge in [-0.25, -0.2) is 4.57 Å². The molecule has 4 rings (SSSR count). The van der Waals surface area contributed by atoms with E-state index in [1.165, 1.54) is 46.0 Å². The van der Waals surface area contributed by atoms with Crippen molar-refractivity contribution in [1.29, 1.82) is 0 Å². The highest BCUT2D eigenvalue weighted by atomic mass is 28.3. The highest BCUT2D eigenvalue weighted by molar-refractivity contribution is 6.91. The fourth-order valence-corrected chi connectivity index (χ4v) is 7.26.